The number of aromatic nitrogens is 1. The summed E-state index contributed by atoms with van der Waals surface area (Å²) in [4.78, 5) is 4.47. The highest BCUT2D eigenvalue weighted by molar-refractivity contribution is 5.44. The molecule has 1 fully saturated rings. The van der Waals surface area contributed by atoms with Crippen LogP contribution in [0.5, 0.6) is 0 Å². The zero-order valence-corrected chi connectivity index (χ0v) is 10.4. The normalized spacial score (nSPS) is 19.2. The molecule has 1 saturated heterocycles. The maximum atomic E-state index is 5.36. The van der Waals surface area contributed by atoms with Gasteiger partial charge in [-0.1, -0.05) is 6.07 Å². The highest BCUT2D eigenvalue weighted by Crippen LogP contribution is 2.16. The van der Waals surface area contributed by atoms with E-state index >= 15 is 0 Å². The Bertz CT molecular complexity index is 337. The summed E-state index contributed by atoms with van der Waals surface area (Å²) in [5.41, 5.74) is 0. The largest absolute Gasteiger partial charge is 0.381 e. The molecule has 1 aromatic heterocycles. The molecule has 0 amide bonds. The Morgan fingerprint density at radius 3 is 2.88 bits per heavy atom. The second-order valence-electron chi connectivity index (χ2n) is 4.38. The average Bonchev–Trinajstić information content (AvgIpc) is 2.83. The minimum absolute atomic E-state index is 0.722. The van der Waals surface area contributed by atoms with Gasteiger partial charge in [0, 0.05) is 26.3 Å². The number of ether oxygens (including phenoxy) is 1. The van der Waals surface area contributed by atoms with Gasteiger partial charge in [-0.25, -0.2) is 4.98 Å². The lowest BCUT2D eigenvalue weighted by atomic mass is 10.1. The van der Waals surface area contributed by atoms with Crippen LogP contribution in [0.1, 0.15) is 19.8 Å². The molecule has 4 heteroatoms. The van der Waals surface area contributed by atoms with Crippen LogP contribution in [0.4, 0.5) is 11.6 Å². The smallest absolute Gasteiger partial charge is 0.128 e. The first kappa shape index (κ1) is 12.2. The summed E-state index contributed by atoms with van der Waals surface area (Å²) in [6.07, 6.45) is 2.36. The van der Waals surface area contributed by atoms with Gasteiger partial charge >= 0.3 is 0 Å². The number of anilines is 2. The van der Waals surface area contributed by atoms with E-state index in [9.17, 15) is 0 Å². The molecule has 1 atom stereocenters. The SMILES string of the molecule is CCNc1cccc(NCCC2CCOC2)n1. The van der Waals surface area contributed by atoms with Crippen molar-refractivity contribution in [1.82, 2.24) is 4.98 Å². The van der Waals surface area contributed by atoms with Gasteiger partial charge in [-0.3, -0.25) is 0 Å². The monoisotopic (exact) mass is 235 g/mol. The van der Waals surface area contributed by atoms with E-state index in [0.717, 1.165) is 50.3 Å². The molecule has 1 unspecified atom stereocenters. The fraction of sp³-hybridized carbons (Fsp3) is 0.615. The minimum Gasteiger partial charge on any atom is -0.381 e. The molecule has 94 valence electrons. The zero-order chi connectivity index (χ0) is 11.9. The second-order valence-corrected chi connectivity index (χ2v) is 4.38. The summed E-state index contributed by atoms with van der Waals surface area (Å²) >= 11 is 0. The Labute approximate surface area is 103 Å². The van der Waals surface area contributed by atoms with E-state index in [1.807, 2.05) is 18.2 Å². The van der Waals surface area contributed by atoms with Crippen molar-refractivity contribution in [3.63, 3.8) is 0 Å². The molecule has 1 aliphatic heterocycles. The van der Waals surface area contributed by atoms with Crippen molar-refractivity contribution in [2.75, 3.05) is 36.9 Å². The number of nitrogens with zero attached hydrogens (tertiary/aromatic N) is 1. The van der Waals surface area contributed by atoms with Crippen LogP contribution >= 0.6 is 0 Å². The van der Waals surface area contributed by atoms with Gasteiger partial charge in [-0.05, 0) is 37.8 Å². The molecule has 17 heavy (non-hydrogen) atoms. The van der Waals surface area contributed by atoms with Gasteiger partial charge in [-0.2, -0.15) is 0 Å². The first-order valence-electron chi connectivity index (χ1n) is 6.41. The molecule has 0 aliphatic carbocycles. The molecule has 1 aromatic rings. The molecular formula is C13H21N3O. The first-order valence-corrected chi connectivity index (χ1v) is 6.41. The molecular weight excluding hydrogens is 214 g/mol. The number of nitrogens with one attached hydrogen (secondary N) is 2. The highest BCUT2D eigenvalue weighted by Gasteiger charge is 2.14. The molecule has 0 aromatic carbocycles. The maximum Gasteiger partial charge on any atom is 0.128 e. The predicted octanol–water partition coefficient (Wildman–Crippen LogP) is 2.35. The Morgan fingerprint density at radius 1 is 1.35 bits per heavy atom. The molecule has 4 nitrogen and oxygen atoms in total. The molecule has 0 saturated carbocycles. The van der Waals surface area contributed by atoms with Crippen molar-refractivity contribution >= 4 is 11.6 Å². The van der Waals surface area contributed by atoms with Crippen LogP contribution in [-0.2, 0) is 4.74 Å². The van der Waals surface area contributed by atoms with Crippen LogP contribution in [0.2, 0.25) is 0 Å². The number of hydrogen-bond donors (Lipinski definition) is 2. The highest BCUT2D eigenvalue weighted by atomic mass is 16.5. The van der Waals surface area contributed by atoms with Crippen molar-refractivity contribution in [3.05, 3.63) is 18.2 Å². The lowest BCUT2D eigenvalue weighted by Crippen LogP contribution is -2.10. The third-order valence-corrected chi connectivity index (χ3v) is 2.99. The topological polar surface area (TPSA) is 46.2 Å². The van der Waals surface area contributed by atoms with Gasteiger partial charge in [-0.15, -0.1) is 0 Å². The number of hydrogen-bond acceptors (Lipinski definition) is 4. The average molecular weight is 235 g/mol. The maximum absolute atomic E-state index is 5.36. The molecule has 2 rings (SSSR count). The van der Waals surface area contributed by atoms with Crippen LogP contribution in [0.3, 0.4) is 0 Å². The molecule has 0 spiro atoms. The van der Waals surface area contributed by atoms with Crippen molar-refractivity contribution in [2.45, 2.75) is 19.8 Å². The second kappa shape index (κ2) is 6.45. The van der Waals surface area contributed by atoms with Gasteiger partial charge in [0.15, 0.2) is 0 Å². The standard InChI is InChI=1S/C13H21N3O/c1-2-14-12-4-3-5-13(16-12)15-8-6-11-7-9-17-10-11/h3-5,11H,2,6-10H2,1H3,(H2,14,15,16). The van der Waals surface area contributed by atoms with E-state index in [2.05, 4.69) is 22.5 Å². The van der Waals surface area contributed by atoms with E-state index in [-0.39, 0.29) is 0 Å². The zero-order valence-electron chi connectivity index (χ0n) is 10.4. The van der Waals surface area contributed by atoms with Crippen LogP contribution in [0.15, 0.2) is 18.2 Å². The lowest BCUT2D eigenvalue weighted by molar-refractivity contribution is 0.185. The minimum atomic E-state index is 0.722. The van der Waals surface area contributed by atoms with E-state index < -0.39 is 0 Å². The first-order chi connectivity index (χ1) is 8.38. The summed E-state index contributed by atoms with van der Waals surface area (Å²) in [5, 5.41) is 6.57. The molecule has 0 radical (unpaired) electrons. The molecule has 0 bridgehead atoms. The Hall–Kier alpha value is -1.29. The summed E-state index contributed by atoms with van der Waals surface area (Å²) in [5.74, 6) is 2.60. The van der Waals surface area contributed by atoms with Crippen LogP contribution in [0, 0.1) is 5.92 Å². The third kappa shape index (κ3) is 3.89. The van der Waals surface area contributed by atoms with Gasteiger partial charge in [0.2, 0.25) is 0 Å². The predicted molar refractivity (Wildman–Crippen MR) is 70.4 cm³/mol. The molecule has 1 aliphatic rings. The lowest BCUT2D eigenvalue weighted by Gasteiger charge is -2.10. The van der Waals surface area contributed by atoms with Crippen molar-refractivity contribution in [2.24, 2.45) is 5.92 Å². The Kier molecular flexibility index (Phi) is 4.62. The van der Waals surface area contributed by atoms with Crippen molar-refractivity contribution in [3.8, 4) is 0 Å². The van der Waals surface area contributed by atoms with E-state index in [1.165, 1.54) is 6.42 Å². The number of pyridine rings is 1. The summed E-state index contributed by atoms with van der Waals surface area (Å²) < 4.78 is 5.36. The Balaban J connectivity index is 1.75. The van der Waals surface area contributed by atoms with E-state index in [1.54, 1.807) is 0 Å². The van der Waals surface area contributed by atoms with Gasteiger partial charge < -0.3 is 15.4 Å². The fourth-order valence-corrected chi connectivity index (χ4v) is 2.03. The van der Waals surface area contributed by atoms with Gasteiger partial charge in [0.05, 0.1) is 0 Å². The van der Waals surface area contributed by atoms with Crippen LogP contribution in [-0.4, -0.2) is 31.3 Å². The van der Waals surface area contributed by atoms with E-state index in [0.29, 0.717) is 0 Å². The third-order valence-electron chi connectivity index (χ3n) is 2.99. The fourth-order valence-electron chi connectivity index (χ4n) is 2.03. The van der Waals surface area contributed by atoms with Crippen LogP contribution in [0.25, 0.3) is 0 Å². The quantitative estimate of drug-likeness (QED) is 0.794. The van der Waals surface area contributed by atoms with E-state index in [4.69, 9.17) is 4.74 Å². The molecule has 2 heterocycles. The van der Waals surface area contributed by atoms with Gasteiger partial charge in [0.25, 0.3) is 0 Å². The van der Waals surface area contributed by atoms with Crippen LogP contribution < -0.4 is 10.6 Å². The van der Waals surface area contributed by atoms with Crippen molar-refractivity contribution in [1.29, 1.82) is 0 Å². The Morgan fingerprint density at radius 2 is 2.18 bits per heavy atom. The van der Waals surface area contributed by atoms with Crippen molar-refractivity contribution < 1.29 is 4.74 Å². The summed E-state index contributed by atoms with van der Waals surface area (Å²) in [6.45, 7) is 5.79. The molecule has 2 N–H and O–H groups in total. The van der Waals surface area contributed by atoms with Gasteiger partial charge in [0.1, 0.15) is 11.6 Å². The summed E-state index contributed by atoms with van der Waals surface area (Å²) in [7, 11) is 0. The number of rotatable bonds is 6. The summed E-state index contributed by atoms with van der Waals surface area (Å²) in [6, 6.07) is 6.01.